The summed E-state index contributed by atoms with van der Waals surface area (Å²) >= 11 is 0. The number of aromatic amines is 1. The third-order valence-corrected chi connectivity index (χ3v) is 22.9. The van der Waals surface area contributed by atoms with Crippen LogP contribution in [0.4, 0.5) is 0 Å². The fraction of sp³-hybridized carbons (Fsp3) is 0.612. The zero-order valence-corrected chi connectivity index (χ0v) is 77.8. The van der Waals surface area contributed by atoms with E-state index in [0.29, 0.717) is 24.1 Å². The van der Waals surface area contributed by atoms with Crippen LogP contribution in [0.1, 0.15) is 162 Å². The number of imidazole rings is 1. The van der Waals surface area contributed by atoms with Gasteiger partial charge in [-0.3, -0.25) is 112 Å². The number of carbonyl (C=O) groups is 22. The summed E-state index contributed by atoms with van der Waals surface area (Å²) in [5, 5.41) is 85.7. The first-order valence-electron chi connectivity index (χ1n) is 45.5. The summed E-state index contributed by atoms with van der Waals surface area (Å²) in [6.07, 6.45) is 2.45. The summed E-state index contributed by atoms with van der Waals surface area (Å²) in [6, 6.07) is -11.3. The van der Waals surface area contributed by atoms with E-state index in [0.717, 1.165) is 14.7 Å². The molecule has 760 valence electrons. The molecule has 138 heavy (non-hydrogen) atoms. The van der Waals surface area contributed by atoms with E-state index in [9.17, 15) is 121 Å². The number of carboxylic acids is 3. The largest absolute Gasteiger partial charge is 0.481 e. The topological polar surface area (TPSA) is 808 Å². The molecule has 0 spiro atoms. The van der Waals surface area contributed by atoms with Crippen LogP contribution in [-0.2, 0) is 118 Å². The lowest BCUT2D eigenvalue weighted by atomic mass is 10.0. The van der Waals surface area contributed by atoms with Gasteiger partial charge >= 0.3 is 17.9 Å². The lowest BCUT2D eigenvalue weighted by molar-refractivity contribution is -0.148. The Morgan fingerprint density at radius 1 is 0.406 bits per heavy atom. The van der Waals surface area contributed by atoms with Gasteiger partial charge in [0.25, 0.3) is 0 Å². The highest BCUT2D eigenvalue weighted by Gasteiger charge is 2.43. The number of amides is 19. The minimum atomic E-state index is -1.65. The number of guanidine groups is 2. The summed E-state index contributed by atoms with van der Waals surface area (Å²) in [4.78, 5) is 306. The van der Waals surface area contributed by atoms with E-state index in [4.69, 9.17) is 28.0 Å². The van der Waals surface area contributed by atoms with E-state index in [1.807, 2.05) is 13.8 Å². The number of likely N-dealkylation sites (tertiary alicyclic amines) is 4. The molecule has 4 aliphatic rings. The number of aromatic nitrogens is 2. The molecule has 0 saturated carbocycles. The van der Waals surface area contributed by atoms with Crippen LogP contribution in [-0.4, -0.2) is 350 Å². The first-order chi connectivity index (χ1) is 65.3. The van der Waals surface area contributed by atoms with Gasteiger partial charge in [0.2, 0.25) is 112 Å². The summed E-state index contributed by atoms with van der Waals surface area (Å²) in [7, 11) is 0. The van der Waals surface area contributed by atoms with E-state index < -0.39 is 279 Å². The van der Waals surface area contributed by atoms with Crippen LogP contribution < -0.4 is 108 Å². The van der Waals surface area contributed by atoms with Crippen molar-refractivity contribution in [1.82, 2.24) is 120 Å². The predicted molar refractivity (Wildman–Crippen MR) is 486 cm³/mol. The Morgan fingerprint density at radius 3 is 1.26 bits per heavy atom. The van der Waals surface area contributed by atoms with Crippen molar-refractivity contribution in [1.29, 1.82) is 10.8 Å². The number of benzene rings is 1. The lowest BCUT2D eigenvalue weighted by Crippen LogP contribution is -2.59. The highest BCUT2D eigenvalue weighted by molar-refractivity contribution is 6.01. The van der Waals surface area contributed by atoms with Crippen molar-refractivity contribution in [3.63, 3.8) is 0 Å². The van der Waals surface area contributed by atoms with Crippen LogP contribution in [0.5, 0.6) is 0 Å². The van der Waals surface area contributed by atoms with Gasteiger partial charge < -0.3 is 147 Å². The van der Waals surface area contributed by atoms with Crippen molar-refractivity contribution < 1.29 is 121 Å². The lowest BCUT2D eigenvalue weighted by Gasteiger charge is -2.30. The number of H-pyrrole nitrogens is 1. The van der Waals surface area contributed by atoms with Gasteiger partial charge in [-0.1, -0.05) is 44.2 Å². The van der Waals surface area contributed by atoms with E-state index in [1.165, 1.54) is 38.9 Å². The molecule has 0 bridgehead atoms. The van der Waals surface area contributed by atoms with Gasteiger partial charge in [-0.2, -0.15) is 0 Å². The fourth-order valence-electron chi connectivity index (χ4n) is 15.6. The SMILES string of the molecule is CC(C)C[C@H](NC(=O)[C@@H](N)Cc1c[nH]cn1)C(=O)NCC(=O)N[C@@H](CCCNC(=N)N)C(=O)N[C@@H](C)C(=O)N[C@@H](C)C(=O)N[C@@H](Cc1ccccc1)C(=O)N1CCC[C@H]1C(=O)NCC(=O)N[C@@H](C)C(=O)N1CCC[C@H]1C(=O)NCC(=O)N[C@@H](CCC(=O)O)C(=O)NCC(=O)N1CCC[C@H]1C(=O)N[C@@H](CCC(=O)O)C(=O)N[C@@H](C)C(=O)N[C@@H](CCCNC(=N)N)C(=O)NCC(=O)N1CCC[C@H]1C(=O)O. The Labute approximate surface area is 793 Å². The van der Waals surface area contributed by atoms with Crippen molar-refractivity contribution >= 4 is 142 Å². The van der Waals surface area contributed by atoms with Gasteiger partial charge in [0.15, 0.2) is 11.9 Å². The zero-order chi connectivity index (χ0) is 102. The van der Waals surface area contributed by atoms with Gasteiger partial charge in [-0.25, -0.2) is 9.78 Å². The van der Waals surface area contributed by atoms with Crippen molar-refractivity contribution in [3.05, 3.63) is 54.1 Å². The predicted octanol–water partition coefficient (Wildman–Crippen LogP) is -9.62. The minimum Gasteiger partial charge on any atom is -0.481 e. The van der Waals surface area contributed by atoms with E-state index >= 15 is 0 Å². The second-order valence-electron chi connectivity index (χ2n) is 34.3. The van der Waals surface area contributed by atoms with Crippen LogP contribution >= 0.6 is 0 Å². The molecule has 53 heteroatoms. The molecule has 0 aliphatic carbocycles. The Balaban J connectivity index is 0.970. The molecule has 4 saturated heterocycles. The zero-order valence-electron chi connectivity index (χ0n) is 77.8. The van der Waals surface area contributed by atoms with Crippen molar-refractivity contribution in [3.8, 4) is 0 Å². The molecule has 2 aromatic rings. The van der Waals surface area contributed by atoms with Crippen LogP contribution in [0, 0.1) is 16.7 Å². The standard InChI is InChI=1S/C85H130N28O25/c1-44(2)34-56(108-72(126)51(86)36-50-37-91-43-99-50)75(129)94-39-63(115)104-53(19-11-29-93-85(89)90)76(130)102-45(3)69(123)101-46(4)71(125)109-57(35-49-16-8-7-9-17-49)82(136)113-33-14-21-59(113)79(133)95-38-62(114)100-48(6)81(135)112-32-13-20-58(112)78(132)96-40-64(116)105-54(24-26-67(119)120)74(128)98-41-65(117)110-30-12-22-60(110)80(134)107-55(25-27-68(121)122)77(131)103-47(5)70(124)106-52(18-10-28-92-84(87)88)73(127)97-42-66(118)111-31-15-23-61(111)83(137)138/h7-9,16-17,37,43-48,51-61H,10-15,18-36,38-42,86H2,1-6H3,(H,91,99)(H,94,129)(H,95,133)(H,96,132)(H,97,127)(H,98,128)(H,100,114)(H,101,123)(H,102,130)(H,103,131)(H,104,115)(H,105,116)(H,106,124)(H,107,134)(H,108,126)(H,109,125)(H,119,120)(H,121,122)(H,137,138)(H4,87,88,92)(H4,89,90,93)/t45-,46-,47-,48-,51-,52-,53-,54-,55-,56-,57-,58-,59-,60-,61-/m0/s1. The van der Waals surface area contributed by atoms with Crippen LogP contribution in [0.2, 0.25) is 0 Å². The number of nitrogens with one attached hydrogen (secondary N) is 20. The summed E-state index contributed by atoms with van der Waals surface area (Å²) in [5.74, 6) is -21.0. The molecular weight excluding hydrogens is 1810 g/mol. The monoisotopic (exact) mass is 1940 g/mol. The molecule has 1 aromatic carbocycles. The fourth-order valence-corrected chi connectivity index (χ4v) is 15.6. The van der Waals surface area contributed by atoms with Crippen LogP contribution in [0.3, 0.4) is 0 Å². The maximum atomic E-state index is 14.6. The van der Waals surface area contributed by atoms with Gasteiger partial charge in [-0.15, -0.1) is 0 Å². The Hall–Kier alpha value is -14.7. The molecule has 5 heterocycles. The number of nitrogens with zero attached hydrogens (tertiary/aromatic N) is 5. The maximum Gasteiger partial charge on any atom is 0.326 e. The highest BCUT2D eigenvalue weighted by Crippen LogP contribution is 2.24. The molecule has 15 atom stereocenters. The first kappa shape index (κ1) is 112. The van der Waals surface area contributed by atoms with E-state index in [-0.39, 0.29) is 141 Å². The molecule has 53 nitrogen and oxygen atoms in total. The Bertz CT molecular complexity index is 4700. The normalized spacial score (nSPS) is 17.8. The first-order valence-corrected chi connectivity index (χ1v) is 45.5. The van der Waals surface area contributed by atoms with Gasteiger partial charge in [0, 0.05) is 71.1 Å². The van der Waals surface area contributed by atoms with Crippen LogP contribution in [0.25, 0.3) is 0 Å². The Kier molecular flexibility index (Phi) is 45.4. The smallest absolute Gasteiger partial charge is 0.326 e. The number of carboxylic acid groups (broad SMARTS) is 3. The molecule has 19 amide bonds. The molecule has 1 aromatic heterocycles. The summed E-state index contributed by atoms with van der Waals surface area (Å²) in [6.45, 7) is 5.42. The summed E-state index contributed by atoms with van der Waals surface area (Å²) < 4.78 is 0. The number of nitrogens with two attached hydrogens (primary N) is 3. The van der Waals surface area contributed by atoms with Crippen molar-refractivity contribution in [2.24, 2.45) is 23.1 Å². The third-order valence-electron chi connectivity index (χ3n) is 22.9. The maximum absolute atomic E-state index is 14.6. The number of aliphatic carboxylic acids is 3. The minimum absolute atomic E-state index is 0.00232. The molecule has 0 unspecified atom stereocenters. The van der Waals surface area contributed by atoms with Gasteiger partial charge in [0.1, 0.15) is 84.6 Å². The average Bonchev–Trinajstić information content (AvgIpc) is 1.65. The molecule has 4 aliphatic heterocycles. The number of carbonyl (C=O) groups excluding carboxylic acids is 19. The molecule has 6 rings (SSSR count). The highest BCUT2D eigenvalue weighted by atomic mass is 16.4. The second-order valence-corrected chi connectivity index (χ2v) is 34.3. The average molecular weight is 1940 g/mol. The van der Waals surface area contributed by atoms with E-state index in [2.05, 4.69) is 100 Å². The molecule has 0 radical (unpaired) electrons. The Morgan fingerprint density at radius 2 is 0.797 bits per heavy atom. The molecule has 4 fully saturated rings. The molecule has 29 N–H and O–H groups in total. The van der Waals surface area contributed by atoms with Crippen LogP contribution in [0.15, 0.2) is 42.9 Å². The van der Waals surface area contributed by atoms with Crippen molar-refractivity contribution in [2.75, 3.05) is 72.0 Å². The number of hydrogen-bond acceptors (Lipinski definition) is 26. The molecular formula is C85H130N28O25. The quantitative estimate of drug-likeness (QED) is 0.0166. The van der Waals surface area contributed by atoms with Gasteiger partial charge in [-0.05, 0) is 135 Å². The van der Waals surface area contributed by atoms with E-state index in [1.54, 1.807) is 36.5 Å². The second kappa shape index (κ2) is 56.0. The van der Waals surface area contributed by atoms with Crippen molar-refractivity contribution in [2.45, 2.75) is 254 Å². The summed E-state index contributed by atoms with van der Waals surface area (Å²) in [5.41, 5.74) is 18.0. The number of hydrogen-bond donors (Lipinski definition) is 26. The van der Waals surface area contributed by atoms with Gasteiger partial charge in [0.05, 0.1) is 50.8 Å². The number of rotatable bonds is 55. The third kappa shape index (κ3) is 37.2.